The third-order valence-electron chi connectivity index (χ3n) is 7.01. The molecule has 0 spiro atoms. The van der Waals surface area contributed by atoms with Gasteiger partial charge in [-0.15, -0.1) is 0 Å². The van der Waals surface area contributed by atoms with Gasteiger partial charge in [0.25, 0.3) is 0 Å². The molecule has 2 saturated heterocycles. The van der Waals surface area contributed by atoms with Crippen LogP contribution in [0.3, 0.4) is 0 Å². The number of fused-ring (bicyclic) bond motifs is 5. The van der Waals surface area contributed by atoms with Gasteiger partial charge in [-0.1, -0.05) is 17.7 Å². The SMILES string of the molecule is Cn1cc2c(Cl)c(-c3c[nH]c4nc(N5CC6CC[C@@H]5C[C@]6(C)N)cnc34)ccc2n1. The van der Waals surface area contributed by atoms with Crippen LogP contribution in [0.25, 0.3) is 33.2 Å². The highest BCUT2D eigenvalue weighted by Gasteiger charge is 2.46. The highest BCUT2D eigenvalue weighted by Crippen LogP contribution is 2.42. The molecule has 2 bridgehead atoms. The molecule has 1 aliphatic carbocycles. The number of nitrogens with zero attached hydrogens (tertiary/aromatic N) is 5. The van der Waals surface area contributed by atoms with Crippen LogP contribution in [-0.4, -0.2) is 42.9 Å². The van der Waals surface area contributed by atoms with Crippen molar-refractivity contribution in [3.63, 3.8) is 0 Å². The van der Waals surface area contributed by atoms with E-state index in [0.717, 1.165) is 52.0 Å². The topological polar surface area (TPSA) is 88.7 Å². The Balaban J connectivity index is 1.39. The maximum atomic E-state index is 6.73. The number of nitrogens with one attached hydrogen (secondary N) is 1. The summed E-state index contributed by atoms with van der Waals surface area (Å²) in [5.74, 6) is 1.43. The van der Waals surface area contributed by atoms with Crippen molar-refractivity contribution < 1.29 is 0 Å². The molecule has 1 aromatic carbocycles. The van der Waals surface area contributed by atoms with E-state index in [4.69, 9.17) is 27.3 Å². The van der Waals surface area contributed by atoms with Crippen molar-refractivity contribution >= 4 is 39.5 Å². The largest absolute Gasteiger partial charge is 0.352 e. The molecular formula is C22H24ClN7. The summed E-state index contributed by atoms with van der Waals surface area (Å²) >= 11 is 6.73. The summed E-state index contributed by atoms with van der Waals surface area (Å²) in [6.45, 7) is 3.14. The number of aryl methyl sites for hydroxylation is 1. The van der Waals surface area contributed by atoms with Crippen LogP contribution >= 0.6 is 11.6 Å². The van der Waals surface area contributed by atoms with Crippen molar-refractivity contribution in [2.75, 3.05) is 11.4 Å². The van der Waals surface area contributed by atoms with E-state index in [0.29, 0.717) is 17.0 Å². The van der Waals surface area contributed by atoms with Gasteiger partial charge in [-0.25, -0.2) is 9.97 Å². The molecule has 30 heavy (non-hydrogen) atoms. The number of rotatable bonds is 2. The molecule has 7 rings (SSSR count). The third-order valence-corrected chi connectivity index (χ3v) is 7.41. The molecule has 154 valence electrons. The van der Waals surface area contributed by atoms with Gasteiger partial charge in [0.15, 0.2) is 5.65 Å². The zero-order valence-corrected chi connectivity index (χ0v) is 17.8. The number of nitrogens with two attached hydrogens (primary N) is 1. The minimum Gasteiger partial charge on any atom is -0.352 e. The molecule has 3 aliphatic rings. The van der Waals surface area contributed by atoms with Gasteiger partial charge in [-0.3, -0.25) is 4.68 Å². The summed E-state index contributed by atoms with van der Waals surface area (Å²) in [4.78, 5) is 15.4. The summed E-state index contributed by atoms with van der Waals surface area (Å²) in [6.07, 6.45) is 9.16. The highest BCUT2D eigenvalue weighted by molar-refractivity contribution is 6.38. The minimum atomic E-state index is -0.0712. The molecule has 2 aliphatic heterocycles. The summed E-state index contributed by atoms with van der Waals surface area (Å²) in [7, 11) is 1.90. The smallest absolute Gasteiger partial charge is 0.159 e. The Morgan fingerprint density at radius 1 is 1.27 bits per heavy atom. The zero-order valence-electron chi connectivity index (χ0n) is 17.1. The van der Waals surface area contributed by atoms with Crippen LogP contribution in [0.5, 0.6) is 0 Å². The maximum absolute atomic E-state index is 6.73. The normalized spacial score (nSPS) is 26.2. The van der Waals surface area contributed by atoms with Crippen LogP contribution in [0, 0.1) is 5.92 Å². The Kier molecular flexibility index (Phi) is 3.74. The molecule has 0 amide bonds. The zero-order chi connectivity index (χ0) is 20.6. The van der Waals surface area contributed by atoms with E-state index in [-0.39, 0.29) is 5.54 Å². The van der Waals surface area contributed by atoms with Crippen molar-refractivity contribution in [3.05, 3.63) is 35.7 Å². The first-order chi connectivity index (χ1) is 14.4. The second-order valence-electron chi connectivity index (χ2n) is 9.08. The second-order valence-corrected chi connectivity index (χ2v) is 9.46. The molecule has 4 aromatic rings. The lowest BCUT2D eigenvalue weighted by molar-refractivity contribution is 0.140. The van der Waals surface area contributed by atoms with E-state index >= 15 is 0 Å². The van der Waals surface area contributed by atoms with Crippen molar-refractivity contribution in [3.8, 4) is 11.1 Å². The number of anilines is 1. The lowest BCUT2D eigenvalue weighted by atomic mass is 9.68. The molecule has 7 nitrogen and oxygen atoms in total. The first kappa shape index (κ1) is 18.2. The molecule has 3 N–H and O–H groups in total. The van der Waals surface area contributed by atoms with E-state index in [1.807, 2.05) is 37.8 Å². The third kappa shape index (κ3) is 2.58. The average molecular weight is 422 g/mol. The van der Waals surface area contributed by atoms with E-state index < -0.39 is 0 Å². The summed E-state index contributed by atoms with van der Waals surface area (Å²) in [6, 6.07) is 4.43. The van der Waals surface area contributed by atoms with Gasteiger partial charge < -0.3 is 15.6 Å². The Morgan fingerprint density at radius 2 is 2.13 bits per heavy atom. The Morgan fingerprint density at radius 3 is 2.90 bits per heavy atom. The maximum Gasteiger partial charge on any atom is 0.159 e. The quantitative estimate of drug-likeness (QED) is 0.513. The van der Waals surface area contributed by atoms with E-state index in [1.165, 1.54) is 12.8 Å². The van der Waals surface area contributed by atoms with E-state index in [2.05, 4.69) is 21.9 Å². The number of halogens is 1. The van der Waals surface area contributed by atoms with Crippen LogP contribution in [-0.2, 0) is 7.05 Å². The summed E-state index contributed by atoms with van der Waals surface area (Å²) < 4.78 is 1.78. The van der Waals surface area contributed by atoms with Crippen molar-refractivity contribution in [1.29, 1.82) is 0 Å². The van der Waals surface area contributed by atoms with Gasteiger partial charge in [0, 0.05) is 54.1 Å². The fraction of sp³-hybridized carbons (Fsp3) is 0.409. The van der Waals surface area contributed by atoms with Crippen molar-refractivity contribution in [1.82, 2.24) is 24.7 Å². The molecule has 3 aromatic heterocycles. The fourth-order valence-electron chi connectivity index (χ4n) is 5.35. The first-order valence-electron chi connectivity index (χ1n) is 10.4. The molecule has 5 heterocycles. The number of hydrogen-bond donors (Lipinski definition) is 2. The van der Waals surface area contributed by atoms with Gasteiger partial charge >= 0.3 is 0 Å². The van der Waals surface area contributed by atoms with E-state index in [1.54, 1.807) is 4.68 Å². The van der Waals surface area contributed by atoms with Gasteiger partial charge in [-0.2, -0.15) is 5.10 Å². The Hall–Kier alpha value is -2.64. The number of H-pyrrole nitrogens is 1. The van der Waals surface area contributed by atoms with Crippen molar-refractivity contribution in [2.45, 2.75) is 37.8 Å². The highest BCUT2D eigenvalue weighted by atomic mass is 35.5. The van der Waals surface area contributed by atoms with Crippen molar-refractivity contribution in [2.24, 2.45) is 18.7 Å². The number of piperidine rings is 2. The summed E-state index contributed by atoms with van der Waals surface area (Å²) in [5.41, 5.74) is 10.8. The van der Waals surface area contributed by atoms with Crippen LogP contribution in [0.1, 0.15) is 26.2 Å². The fourth-order valence-corrected chi connectivity index (χ4v) is 5.66. The number of hydrogen-bond acceptors (Lipinski definition) is 5. The number of benzene rings is 1. The predicted molar refractivity (Wildman–Crippen MR) is 120 cm³/mol. The molecule has 1 unspecified atom stereocenters. The van der Waals surface area contributed by atoms with E-state index in [9.17, 15) is 0 Å². The van der Waals surface area contributed by atoms with Crippen LogP contribution in [0.2, 0.25) is 5.02 Å². The van der Waals surface area contributed by atoms with Gasteiger partial charge in [0.1, 0.15) is 11.3 Å². The molecule has 1 saturated carbocycles. The molecular weight excluding hydrogens is 398 g/mol. The van der Waals surface area contributed by atoms with Gasteiger partial charge in [0.2, 0.25) is 0 Å². The van der Waals surface area contributed by atoms with Gasteiger partial charge in [0.05, 0.1) is 16.7 Å². The Labute approximate surface area is 179 Å². The number of aromatic amines is 1. The second kappa shape index (κ2) is 6.18. The van der Waals surface area contributed by atoms with Crippen LogP contribution in [0.4, 0.5) is 5.82 Å². The standard InChI is InChI=1S/C22H24ClN7/c1-22(24)7-13-4-3-12(22)10-30(13)18-9-25-20-15(8-26-21(20)27-18)14-5-6-17-16(19(14)23)11-29(2)28-17/h5-6,8-9,11-13H,3-4,7,10,24H2,1-2H3,(H,26,27)/t12?,13-,22+/m1/s1. The van der Waals surface area contributed by atoms with Crippen LogP contribution < -0.4 is 10.6 Å². The molecule has 8 heteroatoms. The first-order valence-corrected chi connectivity index (χ1v) is 10.8. The summed E-state index contributed by atoms with van der Waals surface area (Å²) in [5, 5.41) is 6.05. The monoisotopic (exact) mass is 421 g/mol. The Bertz CT molecular complexity index is 1290. The molecule has 3 atom stereocenters. The lowest BCUT2D eigenvalue weighted by Gasteiger charge is -2.53. The molecule has 3 fully saturated rings. The molecule has 0 radical (unpaired) electrons. The average Bonchev–Trinajstić information content (AvgIpc) is 3.31. The lowest BCUT2D eigenvalue weighted by Crippen LogP contribution is -2.63. The van der Waals surface area contributed by atoms with Crippen LogP contribution in [0.15, 0.2) is 30.7 Å². The predicted octanol–water partition coefficient (Wildman–Crippen LogP) is 3.87. The van der Waals surface area contributed by atoms with Gasteiger partial charge in [-0.05, 0) is 38.2 Å². The minimum absolute atomic E-state index is 0.0712. The number of aromatic nitrogens is 5.